The number of rotatable bonds is 3. The molecule has 3 N–H and O–H groups in total. The second-order valence-electron chi connectivity index (χ2n) is 8.97. The SMILES string of the molecule is O=CC(F)(F)F.O=S(=O)(Nc1ccc2cc1CCc1cccc(c1)Nc1ncc(Cl)c(n1)N2)c1ccccc1C(F)(F)F. The number of carbonyl (C=O) groups excluding carboxylic acids is 1. The van der Waals surface area contributed by atoms with Gasteiger partial charge in [0.15, 0.2) is 5.82 Å². The number of nitrogens with one attached hydrogen (secondary N) is 3. The summed E-state index contributed by atoms with van der Waals surface area (Å²) in [6, 6.07) is 16.4. The Bertz CT molecular complexity index is 1750. The molecule has 0 saturated heterocycles. The van der Waals surface area contributed by atoms with Crippen LogP contribution >= 0.6 is 11.6 Å². The van der Waals surface area contributed by atoms with Crippen molar-refractivity contribution in [2.45, 2.75) is 30.1 Å². The number of fused-ring (bicyclic) bond motifs is 6. The van der Waals surface area contributed by atoms with Gasteiger partial charge in [-0.2, -0.15) is 31.3 Å². The van der Waals surface area contributed by atoms with E-state index in [-0.39, 0.29) is 10.7 Å². The first-order chi connectivity index (χ1) is 20.1. The highest BCUT2D eigenvalue weighted by molar-refractivity contribution is 7.92. The van der Waals surface area contributed by atoms with E-state index in [1.54, 1.807) is 12.1 Å². The van der Waals surface area contributed by atoms with Crippen molar-refractivity contribution in [2.24, 2.45) is 0 Å². The van der Waals surface area contributed by atoms with E-state index in [9.17, 15) is 34.8 Å². The molecule has 5 rings (SSSR count). The molecule has 4 aromatic rings. The largest absolute Gasteiger partial charge is 0.446 e. The van der Waals surface area contributed by atoms with E-state index in [0.29, 0.717) is 35.9 Å². The van der Waals surface area contributed by atoms with E-state index in [2.05, 4.69) is 25.3 Å². The lowest BCUT2D eigenvalue weighted by Gasteiger charge is -2.17. The lowest BCUT2D eigenvalue weighted by Crippen LogP contribution is -2.19. The van der Waals surface area contributed by atoms with Crippen LogP contribution in [0.5, 0.6) is 0 Å². The Labute approximate surface area is 246 Å². The quantitative estimate of drug-likeness (QED) is 0.159. The maximum Gasteiger partial charge on any atom is 0.446 e. The number of hydrogen-bond donors (Lipinski definition) is 3. The first kappa shape index (κ1) is 31.6. The van der Waals surface area contributed by atoms with Crippen LogP contribution in [0.3, 0.4) is 0 Å². The summed E-state index contributed by atoms with van der Waals surface area (Å²) in [5.41, 5.74) is 1.77. The van der Waals surface area contributed by atoms with Gasteiger partial charge in [0.2, 0.25) is 12.2 Å². The van der Waals surface area contributed by atoms with Crippen molar-refractivity contribution in [1.82, 2.24) is 9.97 Å². The highest BCUT2D eigenvalue weighted by atomic mass is 35.5. The number of halogens is 7. The smallest absolute Gasteiger partial charge is 0.339 e. The molecular weight excluding hydrogens is 624 g/mol. The highest BCUT2D eigenvalue weighted by Crippen LogP contribution is 2.36. The van der Waals surface area contributed by atoms with E-state index in [4.69, 9.17) is 16.4 Å². The Morgan fingerprint density at radius 2 is 1.58 bits per heavy atom. The van der Waals surface area contributed by atoms with E-state index < -0.39 is 39.1 Å². The Morgan fingerprint density at radius 1 is 0.884 bits per heavy atom. The number of alkyl halides is 6. The first-order valence-corrected chi connectivity index (χ1v) is 14.0. The average molecular weight is 644 g/mol. The van der Waals surface area contributed by atoms with Crippen LogP contribution in [0.25, 0.3) is 0 Å². The minimum Gasteiger partial charge on any atom is -0.339 e. The Kier molecular flexibility index (Phi) is 9.15. The number of aromatic nitrogens is 2. The number of carbonyl (C=O) groups is 1. The number of benzene rings is 3. The zero-order valence-corrected chi connectivity index (χ0v) is 23.2. The summed E-state index contributed by atoms with van der Waals surface area (Å²) in [5, 5.41) is 6.50. The maximum absolute atomic E-state index is 13.5. The molecule has 0 radical (unpaired) electrons. The van der Waals surface area contributed by atoms with Gasteiger partial charge < -0.3 is 10.6 Å². The number of nitrogens with zero attached hydrogens (tertiary/aromatic N) is 2. The van der Waals surface area contributed by atoms with Crippen LogP contribution in [0, 0.1) is 0 Å². The van der Waals surface area contributed by atoms with Crippen molar-refractivity contribution in [3.63, 3.8) is 0 Å². The lowest BCUT2D eigenvalue weighted by molar-refractivity contribution is -0.156. The lowest BCUT2D eigenvalue weighted by atomic mass is 10.0. The minimum atomic E-state index is -4.83. The zero-order chi connectivity index (χ0) is 31.4. The number of aldehydes is 1. The number of hydrogen-bond acceptors (Lipinski definition) is 7. The fourth-order valence-corrected chi connectivity index (χ4v) is 5.45. The monoisotopic (exact) mass is 643 g/mol. The third kappa shape index (κ3) is 8.35. The van der Waals surface area contributed by atoms with Gasteiger partial charge in [0.1, 0.15) is 5.02 Å². The summed E-state index contributed by atoms with van der Waals surface area (Å²) in [6.45, 7) is 0. The van der Waals surface area contributed by atoms with Gasteiger partial charge in [0, 0.05) is 11.4 Å². The molecule has 1 aliphatic heterocycles. The van der Waals surface area contributed by atoms with Gasteiger partial charge in [-0.3, -0.25) is 9.52 Å². The number of aryl methyl sites for hydroxylation is 2. The summed E-state index contributed by atoms with van der Waals surface area (Å²) in [6.07, 6.45) is -8.15. The fraction of sp³-hybridized carbons (Fsp3) is 0.148. The van der Waals surface area contributed by atoms with Crippen LogP contribution in [-0.4, -0.2) is 30.8 Å². The molecule has 0 fully saturated rings. The summed E-state index contributed by atoms with van der Waals surface area (Å²) in [4.78, 5) is 16.5. The van der Waals surface area contributed by atoms with Gasteiger partial charge in [-0.15, -0.1) is 0 Å². The molecule has 0 aliphatic carbocycles. The molecule has 0 saturated carbocycles. The Hall–Kier alpha value is -4.37. The van der Waals surface area contributed by atoms with Gasteiger partial charge >= 0.3 is 12.4 Å². The maximum atomic E-state index is 13.5. The van der Waals surface area contributed by atoms with Gasteiger partial charge in [-0.1, -0.05) is 35.9 Å². The van der Waals surface area contributed by atoms with E-state index in [1.807, 2.05) is 24.3 Å². The molecule has 2 heterocycles. The molecule has 226 valence electrons. The van der Waals surface area contributed by atoms with Crippen LogP contribution in [0.1, 0.15) is 16.7 Å². The third-order valence-electron chi connectivity index (χ3n) is 5.84. The standard InChI is InChI=1S/C25H19ClF3N5O2S.C2HF3O/c26-20-14-30-24-32-17-5-3-4-15(12-17)8-9-16-13-18(31-23(20)33-24)10-11-21(16)34-37(35,36)22-7-2-1-6-19(22)25(27,28)29;3-2(4,5)1-6/h1-7,10-14,34H,8-9H2,(H2,30,31,32,33);1H. The second-order valence-corrected chi connectivity index (χ2v) is 11.0. The molecule has 1 aliphatic rings. The summed E-state index contributed by atoms with van der Waals surface area (Å²) in [5.74, 6) is 0.657. The van der Waals surface area contributed by atoms with Crippen molar-refractivity contribution in [3.05, 3.63) is 94.6 Å². The first-order valence-electron chi connectivity index (χ1n) is 12.2. The summed E-state index contributed by atoms with van der Waals surface area (Å²) in [7, 11) is -4.55. The number of sulfonamides is 1. The second kappa shape index (κ2) is 12.5. The normalized spacial score (nSPS) is 13.0. The molecular formula is C27H20ClF6N5O3S. The van der Waals surface area contributed by atoms with E-state index in [1.165, 1.54) is 18.3 Å². The molecule has 8 nitrogen and oxygen atoms in total. The molecule has 16 heteroatoms. The average Bonchev–Trinajstić information content (AvgIpc) is 2.94. The van der Waals surface area contributed by atoms with Crippen molar-refractivity contribution in [1.29, 1.82) is 0 Å². The highest BCUT2D eigenvalue weighted by Gasteiger charge is 2.37. The predicted molar refractivity (Wildman–Crippen MR) is 148 cm³/mol. The van der Waals surface area contributed by atoms with Gasteiger partial charge in [0.05, 0.1) is 22.3 Å². The Morgan fingerprint density at radius 3 is 2.28 bits per heavy atom. The van der Waals surface area contributed by atoms with Crippen LogP contribution in [0.15, 0.2) is 77.8 Å². The molecule has 1 aromatic heterocycles. The molecule has 3 aromatic carbocycles. The topological polar surface area (TPSA) is 113 Å². The van der Waals surface area contributed by atoms with Gasteiger partial charge in [0.25, 0.3) is 10.0 Å². The van der Waals surface area contributed by atoms with Crippen LogP contribution < -0.4 is 15.4 Å². The van der Waals surface area contributed by atoms with Crippen molar-refractivity contribution in [3.8, 4) is 0 Å². The predicted octanol–water partition coefficient (Wildman–Crippen LogP) is 7.28. The summed E-state index contributed by atoms with van der Waals surface area (Å²) >= 11 is 6.27. The van der Waals surface area contributed by atoms with Crippen molar-refractivity contribution >= 4 is 56.7 Å². The minimum absolute atomic E-state index is 0.168. The fourth-order valence-electron chi connectivity index (χ4n) is 3.98. The van der Waals surface area contributed by atoms with Crippen LogP contribution in [0.2, 0.25) is 5.02 Å². The molecule has 0 spiro atoms. The zero-order valence-electron chi connectivity index (χ0n) is 21.6. The Balaban J connectivity index is 0.000000641. The van der Waals surface area contributed by atoms with E-state index >= 15 is 0 Å². The van der Waals surface area contributed by atoms with Crippen molar-refractivity contribution < 1.29 is 39.6 Å². The third-order valence-corrected chi connectivity index (χ3v) is 7.54. The van der Waals surface area contributed by atoms with Crippen LogP contribution in [0.4, 0.5) is 55.2 Å². The van der Waals surface area contributed by atoms with Crippen molar-refractivity contribution in [2.75, 3.05) is 15.4 Å². The molecule has 6 bridgehead atoms. The van der Waals surface area contributed by atoms with Crippen LogP contribution in [-0.2, 0) is 33.8 Å². The van der Waals surface area contributed by atoms with Gasteiger partial charge in [-0.05, 0) is 66.4 Å². The number of anilines is 5. The molecule has 0 unspecified atom stereocenters. The van der Waals surface area contributed by atoms with Gasteiger partial charge in [-0.25, -0.2) is 13.4 Å². The summed E-state index contributed by atoms with van der Waals surface area (Å²) < 4.78 is 100. The molecule has 0 atom stereocenters. The van der Waals surface area contributed by atoms with E-state index in [0.717, 1.165) is 29.4 Å². The molecule has 43 heavy (non-hydrogen) atoms. The molecule has 0 amide bonds.